The van der Waals surface area contributed by atoms with Crippen LogP contribution in [0.4, 0.5) is 0 Å². The molecule has 2 aliphatic heterocycles. The highest BCUT2D eigenvalue weighted by Gasteiger charge is 2.63. The summed E-state index contributed by atoms with van der Waals surface area (Å²) in [6.45, 7) is 14.8. The predicted molar refractivity (Wildman–Crippen MR) is 237 cm³/mol. The number of carbonyl (C=O) groups excluding carboxylic acids is 4. The number of ether oxygens (including phenoxy) is 3. The quantitative estimate of drug-likeness (QED) is 0.156. The summed E-state index contributed by atoms with van der Waals surface area (Å²) in [5.74, 6) is -2.81. The van der Waals surface area contributed by atoms with Crippen molar-refractivity contribution in [3.8, 4) is 22.2 Å². The van der Waals surface area contributed by atoms with Gasteiger partial charge in [0.2, 0.25) is 21.8 Å². The number of hydrogen-bond donors (Lipinski definition) is 2. The normalized spacial score (nSPS) is 27.0. The van der Waals surface area contributed by atoms with Gasteiger partial charge < -0.3 is 24.4 Å². The van der Waals surface area contributed by atoms with E-state index >= 15 is 0 Å². The van der Waals surface area contributed by atoms with E-state index < -0.39 is 73.6 Å². The number of aryl methyl sites for hydroxylation is 1. The van der Waals surface area contributed by atoms with Crippen LogP contribution >= 0.6 is 11.3 Å². The zero-order chi connectivity index (χ0) is 44.9. The summed E-state index contributed by atoms with van der Waals surface area (Å²) in [5.41, 5.74) is 0.696. The number of methoxy groups -OCH3 is 1. The lowest BCUT2D eigenvalue weighted by molar-refractivity contribution is -0.159. The number of thiazole rings is 1. The van der Waals surface area contributed by atoms with E-state index in [9.17, 15) is 27.6 Å². The van der Waals surface area contributed by atoms with Crippen molar-refractivity contribution in [1.82, 2.24) is 24.9 Å². The number of esters is 1. The van der Waals surface area contributed by atoms with E-state index in [1.165, 1.54) is 16.2 Å². The van der Waals surface area contributed by atoms with Gasteiger partial charge in [-0.15, -0.1) is 11.3 Å². The molecule has 1 saturated heterocycles. The van der Waals surface area contributed by atoms with Gasteiger partial charge in [0, 0.05) is 40.1 Å². The highest BCUT2D eigenvalue weighted by Crippen LogP contribution is 2.48. The van der Waals surface area contributed by atoms with Gasteiger partial charge in [0.25, 0.3) is 5.91 Å². The molecule has 2 aliphatic carbocycles. The Kier molecular flexibility index (Phi) is 12.6. The number of aromatic nitrogens is 2. The molecule has 0 spiro atoms. The molecule has 2 aromatic heterocycles. The summed E-state index contributed by atoms with van der Waals surface area (Å²) in [5, 5.41) is 6.41. The lowest BCUT2D eigenvalue weighted by atomic mass is 9.94. The largest absolute Gasteiger partial charge is 0.496 e. The van der Waals surface area contributed by atoms with Gasteiger partial charge in [-0.25, -0.2) is 18.4 Å². The van der Waals surface area contributed by atoms with Gasteiger partial charge in [-0.1, -0.05) is 45.8 Å². The molecular formula is C46H61N5O9S2. The Bertz CT molecular complexity index is 2380. The topological polar surface area (TPSA) is 183 Å². The van der Waals surface area contributed by atoms with E-state index in [4.69, 9.17) is 24.2 Å². The summed E-state index contributed by atoms with van der Waals surface area (Å²) >= 11 is 1.48. The number of carbonyl (C=O) groups is 4. The number of nitrogens with one attached hydrogen (secondary N) is 2. The van der Waals surface area contributed by atoms with Gasteiger partial charge in [-0.05, 0) is 91.2 Å². The van der Waals surface area contributed by atoms with Gasteiger partial charge in [0.1, 0.15) is 45.5 Å². The summed E-state index contributed by atoms with van der Waals surface area (Å²) in [7, 11) is -2.41. The van der Waals surface area contributed by atoms with E-state index in [-0.39, 0.29) is 31.2 Å². The maximum atomic E-state index is 15.0. The third-order valence-corrected chi connectivity index (χ3v) is 15.9. The number of sulfonamides is 1. The Labute approximate surface area is 369 Å². The number of hydrogen-bond acceptors (Lipinski definition) is 12. The molecule has 3 aromatic rings. The molecule has 2 saturated carbocycles. The van der Waals surface area contributed by atoms with Crippen molar-refractivity contribution in [2.24, 2.45) is 17.8 Å². The average molecular weight is 892 g/mol. The van der Waals surface area contributed by atoms with Gasteiger partial charge in [0.05, 0.1) is 36.0 Å². The number of allylic oxidation sites excluding steroid dienone is 1. The number of nitrogens with zero attached hydrogens (tertiary/aromatic N) is 3. The SMILES string of the molecule is COc1ccc2c(O[C@H]3CN4C(=O)[C@@H](CC(=O)OC(C)(C)C)CCCCC/C=C\[C@@H]5C[C@@]5(C(=O)NS(=O)(=O)C5(C)CC5)NC(=O)[C@@H]4[C@@H]3C)cc(-c3nc(C(C)C)cs3)nc2c1C. The van der Waals surface area contributed by atoms with Crippen LogP contribution in [0.3, 0.4) is 0 Å². The van der Waals surface area contributed by atoms with Crippen molar-refractivity contribution in [3.63, 3.8) is 0 Å². The van der Waals surface area contributed by atoms with E-state index in [0.717, 1.165) is 24.1 Å². The van der Waals surface area contributed by atoms with Crippen LogP contribution in [0.5, 0.6) is 11.5 Å². The lowest BCUT2D eigenvalue weighted by Crippen LogP contribution is -2.58. The standard InChI is InChI=1S/C46H61N5O9S2/c1-26(2)33-25-61-41(48-33)32-22-35(31-17-18-34(58-9)27(3)38(31)47-32)59-36-24-51-39(28(36)4)40(53)49-46(43(55)50-62(56,57)45(8)19-20-45)23-30(46)16-14-12-10-11-13-15-29(42(51)54)21-37(52)60-44(5,6)7/h14,16-18,22,25-26,28-30,36,39H,10-13,15,19-21,23-24H2,1-9H3,(H,49,53)(H,50,55)/b16-14-/t28-,29-,30-,36+,39+,46-/m1/s1. The molecule has 0 radical (unpaired) electrons. The molecular weight excluding hydrogens is 831 g/mol. The second-order valence-corrected chi connectivity index (χ2v) is 22.2. The predicted octanol–water partition coefficient (Wildman–Crippen LogP) is 7.13. The zero-order valence-corrected chi connectivity index (χ0v) is 39.0. The van der Waals surface area contributed by atoms with Crippen molar-refractivity contribution in [3.05, 3.63) is 47.0 Å². The van der Waals surface area contributed by atoms with E-state index in [0.29, 0.717) is 65.2 Å². The first kappa shape index (κ1) is 45.5. The molecule has 4 aliphatic rings. The summed E-state index contributed by atoms with van der Waals surface area (Å²) in [6.07, 6.45) is 7.41. The van der Waals surface area contributed by atoms with Gasteiger partial charge >= 0.3 is 5.97 Å². The Hall–Kier alpha value is -4.57. The Morgan fingerprint density at radius 1 is 1.10 bits per heavy atom. The van der Waals surface area contributed by atoms with E-state index in [1.807, 2.05) is 49.6 Å². The lowest BCUT2D eigenvalue weighted by Gasteiger charge is -2.31. The Morgan fingerprint density at radius 2 is 1.84 bits per heavy atom. The van der Waals surface area contributed by atoms with Crippen LogP contribution in [0.1, 0.15) is 123 Å². The number of benzene rings is 1. The zero-order valence-electron chi connectivity index (χ0n) is 37.3. The Balaban J connectivity index is 1.27. The maximum Gasteiger partial charge on any atom is 0.307 e. The fraction of sp³-hybridized carbons (Fsp3) is 0.609. The third kappa shape index (κ3) is 9.22. The second-order valence-electron chi connectivity index (χ2n) is 19.2. The number of rotatable bonds is 10. The minimum Gasteiger partial charge on any atom is -0.496 e. The van der Waals surface area contributed by atoms with Crippen molar-refractivity contribution in [1.29, 1.82) is 0 Å². The molecule has 0 unspecified atom stereocenters. The molecule has 3 amide bonds. The molecule has 1 aromatic carbocycles. The number of pyridine rings is 1. The van der Waals surface area contributed by atoms with Crippen molar-refractivity contribution in [2.75, 3.05) is 13.7 Å². The first-order valence-corrected chi connectivity index (χ1v) is 24.2. The first-order chi connectivity index (χ1) is 29.2. The summed E-state index contributed by atoms with van der Waals surface area (Å²) < 4.78 is 46.2. The summed E-state index contributed by atoms with van der Waals surface area (Å²) in [6, 6.07) is 4.44. The van der Waals surface area contributed by atoms with Crippen LogP contribution in [0.2, 0.25) is 0 Å². The van der Waals surface area contributed by atoms with Gasteiger partial charge in [-0.3, -0.25) is 23.9 Å². The van der Waals surface area contributed by atoms with Crippen molar-refractivity contribution in [2.45, 2.75) is 147 Å². The molecule has 7 rings (SSSR count). The van der Waals surface area contributed by atoms with Crippen LogP contribution in [0.15, 0.2) is 35.7 Å². The third-order valence-electron chi connectivity index (χ3n) is 12.9. The summed E-state index contributed by atoms with van der Waals surface area (Å²) in [4.78, 5) is 68.7. The van der Waals surface area contributed by atoms with Crippen molar-refractivity contribution < 1.29 is 41.8 Å². The van der Waals surface area contributed by atoms with Crippen LogP contribution in [-0.4, -0.2) is 88.7 Å². The number of amides is 3. The fourth-order valence-corrected chi connectivity index (χ4v) is 10.9. The minimum atomic E-state index is -4.01. The average Bonchev–Trinajstić information content (AvgIpc) is 4.00. The molecule has 62 heavy (non-hydrogen) atoms. The minimum absolute atomic E-state index is 0.00119. The molecule has 14 nitrogen and oxygen atoms in total. The van der Waals surface area contributed by atoms with Gasteiger partial charge in [0.15, 0.2) is 0 Å². The molecule has 0 bridgehead atoms. The fourth-order valence-electron chi connectivity index (χ4n) is 8.63. The van der Waals surface area contributed by atoms with Crippen LogP contribution in [-0.2, 0) is 33.9 Å². The van der Waals surface area contributed by atoms with Crippen molar-refractivity contribution >= 4 is 56.0 Å². The van der Waals surface area contributed by atoms with E-state index in [1.54, 1.807) is 34.8 Å². The highest BCUT2D eigenvalue weighted by molar-refractivity contribution is 7.91. The van der Waals surface area contributed by atoms with Gasteiger partial charge in [-0.2, -0.15) is 0 Å². The highest BCUT2D eigenvalue weighted by atomic mass is 32.2. The molecule has 3 fully saturated rings. The monoisotopic (exact) mass is 891 g/mol. The van der Waals surface area contributed by atoms with Crippen LogP contribution < -0.4 is 19.5 Å². The Morgan fingerprint density at radius 3 is 2.50 bits per heavy atom. The number of fused-ring (bicyclic) bond motifs is 3. The maximum absolute atomic E-state index is 15.0. The second kappa shape index (κ2) is 17.2. The molecule has 16 heteroatoms. The molecule has 4 heterocycles. The molecule has 336 valence electrons. The smallest absolute Gasteiger partial charge is 0.307 e. The first-order valence-electron chi connectivity index (χ1n) is 21.9. The van der Waals surface area contributed by atoms with Crippen LogP contribution in [0, 0.1) is 24.7 Å². The molecule has 2 N–H and O–H groups in total. The van der Waals surface area contributed by atoms with E-state index in [2.05, 4.69) is 23.9 Å². The molecule has 6 atom stereocenters. The van der Waals surface area contributed by atoms with Crippen LogP contribution in [0.25, 0.3) is 21.6 Å².